The normalized spacial score (nSPS) is 11.2. The van der Waals surface area contributed by atoms with Gasteiger partial charge in [0.15, 0.2) is 5.13 Å². The summed E-state index contributed by atoms with van der Waals surface area (Å²) in [5.74, 6) is 0.0279. The number of nitrogens with zero attached hydrogens (tertiary/aromatic N) is 3. The van der Waals surface area contributed by atoms with E-state index in [9.17, 15) is 9.59 Å². The molecule has 9 heteroatoms. The largest absolute Gasteiger partial charge is 0.343 e. The number of hydrogen-bond donors (Lipinski definition) is 3. The average molecular weight is 501 g/mol. The van der Waals surface area contributed by atoms with E-state index in [-0.39, 0.29) is 23.8 Å². The molecule has 0 fully saturated rings. The molecule has 8 nitrogen and oxygen atoms in total. The van der Waals surface area contributed by atoms with Crippen molar-refractivity contribution < 1.29 is 9.59 Å². The summed E-state index contributed by atoms with van der Waals surface area (Å²) >= 11 is 1.32. The van der Waals surface area contributed by atoms with E-state index in [1.807, 2.05) is 74.7 Å². The predicted octanol–water partition coefficient (Wildman–Crippen LogP) is 4.18. The Morgan fingerprint density at radius 1 is 1.00 bits per heavy atom. The molecule has 36 heavy (non-hydrogen) atoms. The van der Waals surface area contributed by atoms with Gasteiger partial charge in [-0.15, -0.1) is 11.3 Å². The molecule has 0 aliphatic carbocycles. The lowest BCUT2D eigenvalue weighted by molar-refractivity contribution is -0.115. The van der Waals surface area contributed by atoms with E-state index in [0.29, 0.717) is 23.1 Å². The predicted molar refractivity (Wildman–Crippen MR) is 143 cm³/mol. The topological polar surface area (TPSA) is 123 Å². The highest BCUT2D eigenvalue weighted by molar-refractivity contribution is 7.14. The quantitative estimate of drug-likeness (QED) is 0.334. The fourth-order valence-electron chi connectivity index (χ4n) is 3.54. The fourth-order valence-corrected chi connectivity index (χ4v) is 4.28. The molecule has 4 rings (SSSR count). The number of thiazole rings is 1. The van der Waals surface area contributed by atoms with E-state index >= 15 is 0 Å². The van der Waals surface area contributed by atoms with Gasteiger partial charge in [0, 0.05) is 40.2 Å². The molecule has 0 bridgehead atoms. The molecule has 2 aromatic heterocycles. The number of hydrogen-bond acceptors (Lipinski definition) is 7. The van der Waals surface area contributed by atoms with Crippen LogP contribution in [0.4, 0.5) is 5.13 Å². The van der Waals surface area contributed by atoms with Crippen molar-refractivity contribution >= 4 is 28.3 Å². The maximum Gasteiger partial charge on any atom is 0.251 e. The maximum absolute atomic E-state index is 12.6. The van der Waals surface area contributed by atoms with E-state index in [0.717, 1.165) is 28.1 Å². The summed E-state index contributed by atoms with van der Waals surface area (Å²) in [6, 6.07) is 17.0. The highest BCUT2D eigenvalue weighted by atomic mass is 32.1. The van der Waals surface area contributed by atoms with Crippen LogP contribution >= 0.6 is 11.3 Å². The van der Waals surface area contributed by atoms with E-state index < -0.39 is 0 Å². The molecule has 2 heterocycles. The summed E-state index contributed by atoms with van der Waals surface area (Å²) in [6.45, 7) is 6.19. The van der Waals surface area contributed by atoms with Crippen LogP contribution in [0.5, 0.6) is 0 Å². The van der Waals surface area contributed by atoms with Gasteiger partial charge in [0.05, 0.1) is 17.9 Å². The SMILES string of the molecule is Cc1nccc(-c2cccc(-c3csc(NC(=O)CNC(=O)c4cccc(C(C)(C)CN)c4)n3)c2)n1. The number of nitrogens with two attached hydrogens (primary N) is 1. The first-order valence-electron chi connectivity index (χ1n) is 11.5. The van der Waals surface area contributed by atoms with Crippen molar-refractivity contribution in [2.24, 2.45) is 5.73 Å². The lowest BCUT2D eigenvalue weighted by Crippen LogP contribution is -2.33. The number of amides is 2. The molecule has 0 spiro atoms. The first-order chi connectivity index (χ1) is 17.2. The Labute approximate surface area is 214 Å². The summed E-state index contributed by atoms with van der Waals surface area (Å²) in [4.78, 5) is 38.2. The van der Waals surface area contributed by atoms with Crippen molar-refractivity contribution in [1.29, 1.82) is 0 Å². The van der Waals surface area contributed by atoms with E-state index in [4.69, 9.17) is 5.73 Å². The zero-order chi connectivity index (χ0) is 25.7. The molecule has 184 valence electrons. The van der Waals surface area contributed by atoms with Gasteiger partial charge in [-0.1, -0.05) is 44.2 Å². The van der Waals surface area contributed by atoms with E-state index in [2.05, 4.69) is 25.6 Å². The van der Waals surface area contributed by atoms with Crippen molar-refractivity contribution in [1.82, 2.24) is 20.3 Å². The molecular weight excluding hydrogens is 472 g/mol. The van der Waals surface area contributed by atoms with Gasteiger partial charge in [0.1, 0.15) is 5.82 Å². The molecule has 0 radical (unpaired) electrons. The van der Waals surface area contributed by atoms with Crippen LogP contribution in [0.2, 0.25) is 0 Å². The van der Waals surface area contributed by atoms with Gasteiger partial charge in [0.2, 0.25) is 5.91 Å². The molecule has 4 aromatic rings. The zero-order valence-electron chi connectivity index (χ0n) is 20.4. The standard InChI is InChI=1S/C27H28N6O2S/c1-17-29-11-10-22(31-17)18-6-4-7-19(12-18)23-15-36-26(32-23)33-24(34)14-30-25(35)20-8-5-9-21(13-20)27(2,3)16-28/h4-13,15H,14,16,28H2,1-3H3,(H,30,35)(H,32,33,34). The van der Waals surface area contributed by atoms with Gasteiger partial charge in [0.25, 0.3) is 5.91 Å². The third-order valence-corrected chi connectivity index (χ3v) is 6.56. The van der Waals surface area contributed by atoms with Crippen LogP contribution < -0.4 is 16.4 Å². The Morgan fingerprint density at radius 3 is 2.50 bits per heavy atom. The monoisotopic (exact) mass is 500 g/mol. The second-order valence-corrected chi connectivity index (χ2v) is 9.87. The van der Waals surface area contributed by atoms with Crippen molar-refractivity contribution in [3.05, 3.63) is 83.1 Å². The minimum Gasteiger partial charge on any atom is -0.343 e. The third kappa shape index (κ3) is 5.99. The number of benzene rings is 2. The number of carbonyl (C=O) groups is 2. The molecule has 2 amide bonds. The first-order valence-corrected chi connectivity index (χ1v) is 12.4. The average Bonchev–Trinajstić information content (AvgIpc) is 3.36. The van der Waals surface area contributed by atoms with Crippen LogP contribution in [-0.4, -0.2) is 39.9 Å². The number of rotatable bonds is 8. The molecule has 0 aliphatic heterocycles. The summed E-state index contributed by atoms with van der Waals surface area (Å²) in [5.41, 5.74) is 10.5. The highest BCUT2D eigenvalue weighted by Crippen LogP contribution is 2.28. The van der Waals surface area contributed by atoms with Crippen molar-refractivity contribution in [3.63, 3.8) is 0 Å². The Balaban J connectivity index is 1.37. The van der Waals surface area contributed by atoms with Crippen LogP contribution in [0, 0.1) is 6.92 Å². The molecule has 0 atom stereocenters. The zero-order valence-corrected chi connectivity index (χ0v) is 21.2. The van der Waals surface area contributed by atoms with Crippen molar-refractivity contribution in [2.45, 2.75) is 26.2 Å². The van der Waals surface area contributed by atoms with Crippen LogP contribution in [0.15, 0.2) is 66.2 Å². The van der Waals surface area contributed by atoms with Gasteiger partial charge in [-0.25, -0.2) is 15.0 Å². The van der Waals surface area contributed by atoms with Crippen LogP contribution in [0.25, 0.3) is 22.5 Å². The van der Waals surface area contributed by atoms with Crippen molar-refractivity contribution in [2.75, 3.05) is 18.4 Å². The smallest absolute Gasteiger partial charge is 0.251 e. The Hall–Kier alpha value is -3.95. The Bertz CT molecular complexity index is 1400. The van der Waals surface area contributed by atoms with Gasteiger partial charge in [-0.05, 0) is 36.8 Å². The second kappa shape index (κ2) is 10.8. The third-order valence-electron chi connectivity index (χ3n) is 5.81. The second-order valence-electron chi connectivity index (χ2n) is 9.01. The van der Waals surface area contributed by atoms with E-state index in [1.54, 1.807) is 12.3 Å². The number of aryl methyl sites for hydroxylation is 1. The minimum atomic E-state index is -0.354. The van der Waals surface area contributed by atoms with Gasteiger partial charge < -0.3 is 16.4 Å². The van der Waals surface area contributed by atoms with Crippen LogP contribution in [0.3, 0.4) is 0 Å². The first kappa shape index (κ1) is 25.2. The Morgan fingerprint density at radius 2 is 1.75 bits per heavy atom. The summed E-state index contributed by atoms with van der Waals surface area (Å²) in [6.07, 6.45) is 1.73. The fraction of sp³-hybridized carbons (Fsp3) is 0.222. The maximum atomic E-state index is 12.6. The number of aromatic nitrogens is 3. The summed E-state index contributed by atoms with van der Waals surface area (Å²) < 4.78 is 0. The van der Waals surface area contributed by atoms with Crippen LogP contribution in [0.1, 0.15) is 35.6 Å². The van der Waals surface area contributed by atoms with Gasteiger partial charge in [-0.3, -0.25) is 9.59 Å². The molecule has 0 saturated heterocycles. The molecule has 4 N–H and O–H groups in total. The molecule has 0 saturated carbocycles. The number of anilines is 1. The molecule has 0 unspecified atom stereocenters. The van der Waals surface area contributed by atoms with Gasteiger partial charge in [-0.2, -0.15) is 0 Å². The van der Waals surface area contributed by atoms with E-state index in [1.165, 1.54) is 11.3 Å². The lowest BCUT2D eigenvalue weighted by Gasteiger charge is -2.23. The number of nitrogens with one attached hydrogen (secondary N) is 2. The Kier molecular flexibility index (Phi) is 7.52. The summed E-state index contributed by atoms with van der Waals surface area (Å²) in [7, 11) is 0. The minimum absolute atomic E-state index is 0.166. The van der Waals surface area contributed by atoms with Gasteiger partial charge >= 0.3 is 0 Å². The molecular formula is C27H28N6O2S. The number of carbonyl (C=O) groups excluding carboxylic acids is 2. The summed E-state index contributed by atoms with van der Waals surface area (Å²) in [5, 5.41) is 7.76. The van der Waals surface area contributed by atoms with Crippen molar-refractivity contribution in [3.8, 4) is 22.5 Å². The molecule has 2 aromatic carbocycles. The van der Waals surface area contributed by atoms with Crippen LogP contribution in [-0.2, 0) is 10.2 Å². The molecule has 0 aliphatic rings. The lowest BCUT2D eigenvalue weighted by atomic mass is 9.84. The highest BCUT2D eigenvalue weighted by Gasteiger charge is 2.20.